The molecule has 0 saturated carbocycles. The van der Waals surface area contributed by atoms with Crippen molar-refractivity contribution in [3.05, 3.63) is 114 Å². The number of hydrogen-bond donors (Lipinski definition) is 0. The number of imidazole rings is 1. The predicted molar refractivity (Wildman–Crippen MR) is 133 cm³/mol. The van der Waals surface area contributed by atoms with Gasteiger partial charge in [0.05, 0.1) is 11.9 Å². The molecular weight excluding hydrogens is 390 g/mol. The molecule has 4 rings (SSSR count). The predicted octanol–water partition coefficient (Wildman–Crippen LogP) is 6.86. The van der Waals surface area contributed by atoms with Crippen LogP contribution in [-0.2, 0) is 26.2 Å². The first-order chi connectivity index (χ1) is 15.7. The van der Waals surface area contributed by atoms with Gasteiger partial charge >= 0.3 is 0 Å². The fraction of sp³-hybridized carbons (Fsp3) is 0.276. The molecule has 0 N–H and O–H groups in total. The van der Waals surface area contributed by atoms with Gasteiger partial charge in [0.2, 0.25) is 0 Å². The molecule has 0 saturated heterocycles. The molecule has 0 atom stereocenters. The number of aryl methyl sites for hydroxylation is 1. The van der Waals surface area contributed by atoms with Crippen LogP contribution in [0.25, 0.3) is 11.4 Å². The molecule has 0 fully saturated rings. The molecule has 4 aromatic rings. The third-order valence-corrected chi connectivity index (χ3v) is 5.83. The molecule has 0 unspecified atom stereocenters. The Morgan fingerprint density at radius 1 is 0.781 bits per heavy atom. The minimum absolute atomic E-state index is 0.867. The number of aromatic nitrogens is 2. The minimum Gasteiger partial charge on any atom is -0.327 e. The van der Waals surface area contributed by atoms with Crippen LogP contribution in [-0.4, -0.2) is 14.5 Å². The summed E-state index contributed by atoms with van der Waals surface area (Å²) in [7, 11) is 0. The van der Waals surface area contributed by atoms with E-state index in [1.54, 1.807) is 0 Å². The minimum atomic E-state index is 0.867. The highest BCUT2D eigenvalue weighted by Crippen LogP contribution is 2.23. The van der Waals surface area contributed by atoms with E-state index in [2.05, 4.69) is 114 Å². The van der Waals surface area contributed by atoms with E-state index >= 15 is 0 Å². The second kappa shape index (κ2) is 10.9. The van der Waals surface area contributed by atoms with Crippen LogP contribution in [0.1, 0.15) is 42.1 Å². The van der Waals surface area contributed by atoms with Gasteiger partial charge in [-0.3, -0.25) is 4.90 Å². The molecule has 3 heteroatoms. The Labute approximate surface area is 192 Å². The van der Waals surface area contributed by atoms with E-state index < -0.39 is 0 Å². The van der Waals surface area contributed by atoms with Crippen LogP contribution in [0.2, 0.25) is 0 Å². The number of hydrogen-bond acceptors (Lipinski definition) is 2. The van der Waals surface area contributed by atoms with E-state index in [0.717, 1.165) is 38.4 Å². The Hall–Kier alpha value is -3.17. The Morgan fingerprint density at radius 2 is 1.47 bits per heavy atom. The lowest BCUT2D eigenvalue weighted by atomic mass is 10.1. The van der Waals surface area contributed by atoms with Crippen molar-refractivity contribution in [2.24, 2.45) is 0 Å². The molecule has 0 radical (unpaired) electrons. The van der Waals surface area contributed by atoms with Gasteiger partial charge in [-0.1, -0.05) is 104 Å². The Balaban J connectivity index is 1.63. The summed E-state index contributed by atoms with van der Waals surface area (Å²) in [5, 5.41) is 0. The van der Waals surface area contributed by atoms with Crippen LogP contribution < -0.4 is 0 Å². The highest BCUT2D eigenvalue weighted by atomic mass is 15.2. The number of benzene rings is 3. The molecule has 3 nitrogen and oxygen atoms in total. The zero-order valence-electron chi connectivity index (χ0n) is 19.2. The third-order valence-electron chi connectivity index (χ3n) is 5.83. The van der Waals surface area contributed by atoms with Crippen LogP contribution >= 0.6 is 0 Å². The molecule has 164 valence electrons. The second-order valence-corrected chi connectivity index (χ2v) is 8.56. The molecule has 3 aromatic carbocycles. The first-order valence-corrected chi connectivity index (χ1v) is 11.6. The first kappa shape index (κ1) is 22.0. The lowest BCUT2D eigenvalue weighted by Crippen LogP contribution is -2.24. The average Bonchev–Trinajstić information content (AvgIpc) is 3.21. The quantitative estimate of drug-likeness (QED) is 0.278. The molecule has 0 bridgehead atoms. The van der Waals surface area contributed by atoms with Gasteiger partial charge in [-0.05, 0) is 24.5 Å². The zero-order chi connectivity index (χ0) is 22.2. The fourth-order valence-electron chi connectivity index (χ4n) is 4.23. The molecule has 0 aliphatic rings. The van der Waals surface area contributed by atoms with E-state index in [0.29, 0.717) is 0 Å². The van der Waals surface area contributed by atoms with Gasteiger partial charge in [0.15, 0.2) is 0 Å². The van der Waals surface area contributed by atoms with Crippen molar-refractivity contribution in [1.82, 2.24) is 14.5 Å². The van der Waals surface area contributed by atoms with Gasteiger partial charge in [-0.2, -0.15) is 0 Å². The van der Waals surface area contributed by atoms with Gasteiger partial charge in [0, 0.05) is 31.7 Å². The molecule has 0 aliphatic heterocycles. The van der Waals surface area contributed by atoms with Gasteiger partial charge in [-0.25, -0.2) is 4.98 Å². The van der Waals surface area contributed by atoms with Gasteiger partial charge < -0.3 is 4.57 Å². The zero-order valence-corrected chi connectivity index (χ0v) is 19.2. The van der Waals surface area contributed by atoms with Crippen molar-refractivity contribution in [1.29, 1.82) is 0 Å². The lowest BCUT2D eigenvalue weighted by molar-refractivity contribution is 0.241. The molecule has 0 aliphatic carbocycles. The van der Waals surface area contributed by atoms with Gasteiger partial charge in [0.25, 0.3) is 0 Å². The number of rotatable bonds is 10. The van der Waals surface area contributed by atoms with E-state index in [1.807, 2.05) is 0 Å². The first-order valence-electron chi connectivity index (χ1n) is 11.6. The third kappa shape index (κ3) is 5.74. The molecule has 0 spiro atoms. The van der Waals surface area contributed by atoms with Crippen molar-refractivity contribution in [3.8, 4) is 11.4 Å². The van der Waals surface area contributed by atoms with E-state index in [9.17, 15) is 0 Å². The maximum absolute atomic E-state index is 4.86. The number of unbranched alkanes of at least 4 members (excludes halogenated alkanes) is 1. The molecular formula is C29H33N3. The normalized spacial score (nSPS) is 11.2. The van der Waals surface area contributed by atoms with Crippen molar-refractivity contribution >= 4 is 0 Å². The smallest absolute Gasteiger partial charge is 0.140 e. The van der Waals surface area contributed by atoms with E-state index in [1.165, 1.54) is 34.4 Å². The lowest BCUT2D eigenvalue weighted by Gasteiger charge is -2.24. The van der Waals surface area contributed by atoms with Crippen molar-refractivity contribution in [3.63, 3.8) is 0 Å². The Bertz CT molecular complexity index is 1100. The fourth-order valence-corrected chi connectivity index (χ4v) is 4.23. The van der Waals surface area contributed by atoms with Crippen LogP contribution in [0, 0.1) is 6.92 Å². The summed E-state index contributed by atoms with van der Waals surface area (Å²) in [6.07, 6.45) is 4.40. The van der Waals surface area contributed by atoms with Crippen molar-refractivity contribution in [2.45, 2.75) is 52.9 Å². The van der Waals surface area contributed by atoms with Gasteiger partial charge in [0.1, 0.15) is 5.82 Å². The van der Waals surface area contributed by atoms with Crippen LogP contribution in [0.4, 0.5) is 0 Å². The monoisotopic (exact) mass is 423 g/mol. The topological polar surface area (TPSA) is 21.1 Å². The highest BCUT2D eigenvalue weighted by molar-refractivity contribution is 5.55. The summed E-state index contributed by atoms with van der Waals surface area (Å²) in [5.74, 6) is 1.07. The summed E-state index contributed by atoms with van der Waals surface area (Å²) < 4.78 is 2.42. The molecule has 1 aromatic heterocycles. The number of nitrogens with zero attached hydrogens (tertiary/aromatic N) is 3. The SMILES string of the molecule is CCCCn1c(CN(Cc2ccccc2)Cc2cccc(C)c2)cnc1-c1ccccc1. The van der Waals surface area contributed by atoms with Crippen LogP contribution in [0.5, 0.6) is 0 Å². The van der Waals surface area contributed by atoms with Crippen LogP contribution in [0.3, 0.4) is 0 Å². The second-order valence-electron chi connectivity index (χ2n) is 8.56. The van der Waals surface area contributed by atoms with Crippen molar-refractivity contribution in [2.75, 3.05) is 0 Å². The largest absolute Gasteiger partial charge is 0.327 e. The maximum atomic E-state index is 4.86. The van der Waals surface area contributed by atoms with Gasteiger partial charge in [-0.15, -0.1) is 0 Å². The van der Waals surface area contributed by atoms with Crippen LogP contribution in [0.15, 0.2) is 91.1 Å². The summed E-state index contributed by atoms with van der Waals surface area (Å²) >= 11 is 0. The summed E-state index contributed by atoms with van der Waals surface area (Å²) in [5.41, 5.74) is 6.46. The summed E-state index contributed by atoms with van der Waals surface area (Å²) in [6.45, 7) is 8.10. The highest BCUT2D eigenvalue weighted by Gasteiger charge is 2.16. The van der Waals surface area contributed by atoms with Crippen molar-refractivity contribution < 1.29 is 0 Å². The van der Waals surface area contributed by atoms with E-state index in [-0.39, 0.29) is 0 Å². The summed E-state index contributed by atoms with van der Waals surface area (Å²) in [4.78, 5) is 7.38. The molecule has 0 amide bonds. The average molecular weight is 424 g/mol. The molecule has 32 heavy (non-hydrogen) atoms. The Morgan fingerprint density at radius 3 is 2.19 bits per heavy atom. The standard InChI is InChI=1S/C29H33N3/c1-3-4-18-32-28(20-30-29(32)27-16-9-6-10-17-27)23-31(21-25-13-7-5-8-14-25)22-26-15-11-12-24(2)19-26/h5-17,19-20H,3-4,18,21-23H2,1-2H3. The maximum Gasteiger partial charge on any atom is 0.140 e. The Kier molecular flexibility index (Phi) is 7.52. The summed E-state index contributed by atoms with van der Waals surface area (Å²) in [6, 6.07) is 30.2. The van der Waals surface area contributed by atoms with E-state index in [4.69, 9.17) is 4.98 Å². The molecule has 1 heterocycles.